The van der Waals surface area contributed by atoms with E-state index < -0.39 is 23.2 Å². The Hall–Kier alpha value is -3.41. The number of amides is 1. The van der Waals surface area contributed by atoms with Crippen LogP contribution in [0.1, 0.15) is 47.5 Å². The molecule has 0 saturated heterocycles. The summed E-state index contributed by atoms with van der Waals surface area (Å²) in [6, 6.07) is 3.35. The highest BCUT2D eigenvalue weighted by Gasteiger charge is 2.43. The molecule has 1 amide bonds. The molecule has 180 valence electrons. The molecule has 0 bridgehead atoms. The Morgan fingerprint density at radius 3 is 2.59 bits per heavy atom. The maximum absolute atomic E-state index is 13.3. The quantitative estimate of drug-likeness (QED) is 0.479. The first-order valence-corrected chi connectivity index (χ1v) is 11.3. The van der Waals surface area contributed by atoms with Crippen molar-refractivity contribution in [2.45, 2.75) is 38.5 Å². The van der Waals surface area contributed by atoms with Crippen molar-refractivity contribution in [1.82, 2.24) is 15.0 Å². The number of carbonyl (C=O) groups is 1. The molecule has 0 aliphatic carbocycles. The molecule has 0 saturated carbocycles. The highest BCUT2D eigenvalue weighted by atomic mass is 32.1. The standard InChI is InChI=1S/C22H22F3N5O3S/c1-5-21(6-2)16-15(12-8-7-11(22(23,24)25)9-13(12)33-21)29-20(34-16)30-18(31)14-17(26-3)27-10-28-19(14)32-4/h7-10H,5-6H2,1-4H3,(H,26,27,28)(H,29,30,31). The molecule has 12 heteroatoms. The molecule has 0 fully saturated rings. The van der Waals surface area contributed by atoms with Crippen LogP contribution < -0.4 is 20.1 Å². The molecule has 1 aromatic carbocycles. The van der Waals surface area contributed by atoms with Gasteiger partial charge in [-0.3, -0.25) is 10.1 Å². The van der Waals surface area contributed by atoms with Crippen LogP contribution in [0.5, 0.6) is 11.6 Å². The lowest BCUT2D eigenvalue weighted by atomic mass is 9.89. The number of thiazole rings is 1. The van der Waals surface area contributed by atoms with Gasteiger partial charge < -0.3 is 14.8 Å². The molecule has 34 heavy (non-hydrogen) atoms. The van der Waals surface area contributed by atoms with E-state index in [0.717, 1.165) is 17.0 Å². The number of hydrogen-bond acceptors (Lipinski definition) is 8. The second kappa shape index (κ2) is 8.75. The average Bonchev–Trinajstić information content (AvgIpc) is 3.26. The lowest BCUT2D eigenvalue weighted by Gasteiger charge is -2.36. The Morgan fingerprint density at radius 2 is 1.97 bits per heavy atom. The molecule has 0 atom stereocenters. The van der Waals surface area contributed by atoms with Gasteiger partial charge in [-0.15, -0.1) is 0 Å². The molecule has 2 N–H and O–H groups in total. The predicted molar refractivity (Wildman–Crippen MR) is 122 cm³/mol. The van der Waals surface area contributed by atoms with E-state index in [1.54, 1.807) is 7.05 Å². The summed E-state index contributed by atoms with van der Waals surface area (Å²) in [6.45, 7) is 3.80. The maximum atomic E-state index is 13.3. The van der Waals surface area contributed by atoms with Gasteiger partial charge in [-0.1, -0.05) is 25.2 Å². The van der Waals surface area contributed by atoms with Crippen LogP contribution in [0.25, 0.3) is 11.3 Å². The van der Waals surface area contributed by atoms with E-state index in [2.05, 4.69) is 25.6 Å². The van der Waals surface area contributed by atoms with Crippen molar-refractivity contribution < 1.29 is 27.4 Å². The van der Waals surface area contributed by atoms with Crippen LogP contribution >= 0.6 is 11.3 Å². The van der Waals surface area contributed by atoms with Gasteiger partial charge in [0.05, 0.1) is 23.2 Å². The van der Waals surface area contributed by atoms with Gasteiger partial charge in [0.15, 0.2) is 5.13 Å². The van der Waals surface area contributed by atoms with Crippen LogP contribution in [0, 0.1) is 0 Å². The summed E-state index contributed by atoms with van der Waals surface area (Å²) in [7, 11) is 3.00. The number of aromatic nitrogens is 3. The monoisotopic (exact) mass is 493 g/mol. The highest BCUT2D eigenvalue weighted by Crippen LogP contribution is 2.52. The zero-order valence-corrected chi connectivity index (χ0v) is 19.6. The van der Waals surface area contributed by atoms with Crippen molar-refractivity contribution >= 4 is 28.2 Å². The molecule has 3 aromatic rings. The van der Waals surface area contributed by atoms with E-state index in [4.69, 9.17) is 9.47 Å². The fraction of sp³-hybridized carbons (Fsp3) is 0.364. The molecule has 3 heterocycles. The van der Waals surface area contributed by atoms with E-state index in [0.29, 0.717) is 24.1 Å². The number of benzene rings is 1. The normalized spacial score (nSPS) is 14.0. The van der Waals surface area contributed by atoms with Gasteiger partial charge in [-0.25, -0.2) is 15.0 Å². The van der Waals surface area contributed by atoms with E-state index in [9.17, 15) is 18.0 Å². The van der Waals surface area contributed by atoms with Gasteiger partial charge in [0.1, 0.15) is 29.1 Å². The topological polar surface area (TPSA) is 98.3 Å². The molecule has 0 radical (unpaired) electrons. The molecule has 1 aliphatic rings. The third-order valence-corrected chi connectivity index (χ3v) is 6.90. The van der Waals surface area contributed by atoms with Crippen molar-refractivity contribution in [3.63, 3.8) is 0 Å². The zero-order valence-electron chi connectivity index (χ0n) is 18.8. The summed E-state index contributed by atoms with van der Waals surface area (Å²) in [6.07, 6.45) is -2.22. The largest absolute Gasteiger partial charge is 0.481 e. The number of alkyl halides is 3. The number of carbonyl (C=O) groups excluding carboxylic acids is 1. The summed E-state index contributed by atoms with van der Waals surface area (Å²) < 4.78 is 51.3. The Bertz CT molecular complexity index is 1220. The minimum Gasteiger partial charge on any atom is -0.481 e. The summed E-state index contributed by atoms with van der Waals surface area (Å²) in [5.41, 5.74) is -0.630. The minimum atomic E-state index is -4.50. The maximum Gasteiger partial charge on any atom is 0.416 e. The third-order valence-electron chi connectivity index (χ3n) is 5.74. The number of rotatable bonds is 6. The first-order valence-electron chi connectivity index (χ1n) is 10.5. The van der Waals surface area contributed by atoms with Crippen LogP contribution in [0.3, 0.4) is 0 Å². The van der Waals surface area contributed by atoms with Gasteiger partial charge in [0.2, 0.25) is 5.88 Å². The van der Waals surface area contributed by atoms with Crippen molar-refractivity contribution in [2.24, 2.45) is 0 Å². The van der Waals surface area contributed by atoms with Crippen LogP contribution in [-0.4, -0.2) is 35.0 Å². The number of nitrogens with one attached hydrogen (secondary N) is 2. The van der Waals surface area contributed by atoms with Gasteiger partial charge in [-0.05, 0) is 31.0 Å². The molecule has 0 spiro atoms. The second-order valence-corrected chi connectivity index (χ2v) is 8.52. The smallest absolute Gasteiger partial charge is 0.416 e. The van der Waals surface area contributed by atoms with Crippen molar-refractivity contribution in [1.29, 1.82) is 0 Å². The van der Waals surface area contributed by atoms with Crippen LogP contribution in [0.4, 0.5) is 24.1 Å². The van der Waals surface area contributed by atoms with Gasteiger partial charge in [0.25, 0.3) is 5.91 Å². The third kappa shape index (κ3) is 3.91. The van der Waals surface area contributed by atoms with Crippen molar-refractivity contribution in [2.75, 3.05) is 24.8 Å². The Balaban J connectivity index is 1.78. The second-order valence-electron chi connectivity index (χ2n) is 7.52. The summed E-state index contributed by atoms with van der Waals surface area (Å²) >= 11 is 1.22. The molecular weight excluding hydrogens is 471 g/mol. The number of methoxy groups -OCH3 is 1. The van der Waals surface area contributed by atoms with Gasteiger partial charge in [-0.2, -0.15) is 13.2 Å². The van der Waals surface area contributed by atoms with Gasteiger partial charge >= 0.3 is 6.18 Å². The van der Waals surface area contributed by atoms with Crippen molar-refractivity contribution in [3.8, 4) is 22.9 Å². The molecule has 8 nitrogen and oxygen atoms in total. The molecule has 4 rings (SSSR count). The summed E-state index contributed by atoms with van der Waals surface area (Å²) in [4.78, 5) is 26.4. The number of fused-ring (bicyclic) bond motifs is 3. The summed E-state index contributed by atoms with van der Waals surface area (Å²) in [5.74, 6) is -0.0664. The van der Waals surface area contributed by atoms with Crippen molar-refractivity contribution in [3.05, 3.63) is 40.5 Å². The van der Waals surface area contributed by atoms with E-state index in [1.807, 2.05) is 13.8 Å². The Morgan fingerprint density at radius 1 is 1.24 bits per heavy atom. The Kier molecular flexibility index (Phi) is 6.11. The number of halogens is 3. The van der Waals surface area contributed by atoms with E-state index in [-0.39, 0.29) is 28.1 Å². The lowest BCUT2D eigenvalue weighted by molar-refractivity contribution is -0.137. The van der Waals surface area contributed by atoms with Crippen LogP contribution in [0.15, 0.2) is 24.5 Å². The fourth-order valence-electron chi connectivity index (χ4n) is 3.89. The number of anilines is 2. The van der Waals surface area contributed by atoms with Gasteiger partial charge in [0, 0.05) is 12.6 Å². The SMILES string of the molecule is CCC1(CC)Oc2cc(C(F)(F)F)ccc2-c2nc(NC(=O)c3c(NC)ncnc3OC)sc21. The molecule has 2 aromatic heterocycles. The summed E-state index contributed by atoms with van der Waals surface area (Å²) in [5, 5.41) is 5.85. The highest BCUT2D eigenvalue weighted by molar-refractivity contribution is 7.16. The van der Waals surface area contributed by atoms with E-state index >= 15 is 0 Å². The molecular formula is C22H22F3N5O3S. The minimum absolute atomic E-state index is 0.0861. The lowest BCUT2D eigenvalue weighted by Crippen LogP contribution is -2.34. The predicted octanol–water partition coefficient (Wildman–Crippen LogP) is 5.33. The number of nitrogens with zero attached hydrogens (tertiary/aromatic N) is 3. The molecule has 0 unspecified atom stereocenters. The van der Waals surface area contributed by atoms with E-state index in [1.165, 1.54) is 30.8 Å². The van der Waals surface area contributed by atoms with Crippen LogP contribution in [-0.2, 0) is 11.8 Å². The average molecular weight is 494 g/mol. The first-order chi connectivity index (χ1) is 16.2. The fourth-order valence-corrected chi connectivity index (χ4v) is 5.14. The number of hydrogen-bond donors (Lipinski definition) is 2. The zero-order chi connectivity index (χ0) is 24.7. The van der Waals surface area contributed by atoms with Crippen LogP contribution in [0.2, 0.25) is 0 Å². The Labute approximate surface area is 197 Å². The molecule has 1 aliphatic heterocycles. The number of ether oxygens (including phenoxy) is 2. The first kappa shape index (κ1) is 23.7.